The van der Waals surface area contributed by atoms with Gasteiger partial charge in [0, 0.05) is 17.3 Å². The highest BCUT2D eigenvalue weighted by atomic mass is 32.2. The van der Waals surface area contributed by atoms with Gasteiger partial charge in [0.1, 0.15) is 9.90 Å². The van der Waals surface area contributed by atoms with E-state index in [1.807, 2.05) is 13.8 Å². The molecule has 0 radical (unpaired) electrons. The smallest absolute Gasteiger partial charge is 0.273 e. The van der Waals surface area contributed by atoms with Crippen LogP contribution in [0.1, 0.15) is 11.3 Å². The lowest BCUT2D eigenvalue weighted by Gasteiger charge is -2.01. The average Bonchev–Trinajstić information content (AvgIpc) is 3.13. The molecule has 3 aromatic rings. The van der Waals surface area contributed by atoms with E-state index in [2.05, 4.69) is 19.9 Å². The summed E-state index contributed by atoms with van der Waals surface area (Å²) >= 11 is 2.43. The fraction of sp³-hybridized carbons (Fsp3) is 0.167. The first-order valence-corrected chi connectivity index (χ1v) is 9.19. The van der Waals surface area contributed by atoms with Gasteiger partial charge in [0.25, 0.3) is 10.0 Å². The van der Waals surface area contributed by atoms with Crippen LogP contribution in [-0.2, 0) is 10.0 Å². The van der Waals surface area contributed by atoms with E-state index in [-0.39, 0.29) is 4.21 Å². The molecule has 6 nitrogen and oxygen atoms in total. The van der Waals surface area contributed by atoms with E-state index in [4.69, 9.17) is 0 Å². The summed E-state index contributed by atoms with van der Waals surface area (Å²) in [6.45, 7) is 3.89. The number of thiophene rings is 1. The second kappa shape index (κ2) is 5.24. The van der Waals surface area contributed by atoms with E-state index >= 15 is 0 Å². The summed E-state index contributed by atoms with van der Waals surface area (Å²) in [5.41, 5.74) is 2.78. The Kier molecular flexibility index (Phi) is 3.56. The maximum Gasteiger partial charge on any atom is 0.273 e. The first kappa shape index (κ1) is 14.2. The number of nitrogens with one attached hydrogen (secondary N) is 2. The van der Waals surface area contributed by atoms with E-state index in [9.17, 15) is 8.42 Å². The Morgan fingerprint density at radius 1 is 1.29 bits per heavy atom. The molecule has 2 N–H and O–H groups in total. The lowest BCUT2D eigenvalue weighted by Crippen LogP contribution is -2.10. The van der Waals surface area contributed by atoms with Gasteiger partial charge in [-0.2, -0.15) is 5.10 Å². The number of aromatic nitrogens is 3. The van der Waals surface area contributed by atoms with Crippen molar-refractivity contribution in [1.29, 1.82) is 0 Å². The standard InChI is InChI=1S/C12H12N4O2S3/c1-7-8(2)14-15-11(7)9-3-4-10(20-9)21(17,18)16-12-13-5-6-19-12/h3-6H,1-2H3,(H,13,16)(H,14,15). The number of hydrogen-bond acceptors (Lipinski definition) is 6. The monoisotopic (exact) mass is 340 g/mol. The molecule has 3 aromatic heterocycles. The number of H-pyrrole nitrogens is 1. The molecule has 0 aliphatic heterocycles. The maximum atomic E-state index is 12.3. The molecular weight excluding hydrogens is 328 g/mol. The lowest BCUT2D eigenvalue weighted by molar-refractivity contribution is 0.603. The molecule has 0 aliphatic carbocycles. The van der Waals surface area contributed by atoms with Crippen LogP contribution < -0.4 is 4.72 Å². The van der Waals surface area contributed by atoms with Crippen molar-refractivity contribution in [2.45, 2.75) is 18.1 Å². The van der Waals surface area contributed by atoms with Gasteiger partial charge in [-0.25, -0.2) is 13.4 Å². The van der Waals surface area contributed by atoms with Gasteiger partial charge in [0.05, 0.1) is 4.88 Å². The second-order valence-corrected chi connectivity index (χ2v) is 8.27. The molecule has 21 heavy (non-hydrogen) atoms. The van der Waals surface area contributed by atoms with Gasteiger partial charge in [-0.15, -0.1) is 22.7 Å². The van der Waals surface area contributed by atoms with E-state index in [1.54, 1.807) is 23.7 Å². The van der Waals surface area contributed by atoms with Crippen LogP contribution in [0, 0.1) is 13.8 Å². The normalized spacial score (nSPS) is 11.7. The van der Waals surface area contributed by atoms with Gasteiger partial charge in [0.15, 0.2) is 5.13 Å². The van der Waals surface area contributed by atoms with E-state index in [1.165, 1.54) is 22.7 Å². The number of rotatable bonds is 4. The Labute approximate surface area is 129 Å². The quantitative estimate of drug-likeness (QED) is 0.764. The highest BCUT2D eigenvalue weighted by Crippen LogP contribution is 2.33. The lowest BCUT2D eigenvalue weighted by atomic mass is 10.2. The van der Waals surface area contributed by atoms with Crippen LogP contribution in [0.4, 0.5) is 5.13 Å². The molecule has 0 spiro atoms. The predicted octanol–water partition coefficient (Wildman–Crippen LogP) is 3.01. The largest absolute Gasteiger partial charge is 0.282 e. The van der Waals surface area contributed by atoms with Gasteiger partial charge < -0.3 is 0 Å². The summed E-state index contributed by atoms with van der Waals surface area (Å²) < 4.78 is 27.2. The van der Waals surface area contributed by atoms with Gasteiger partial charge in [-0.1, -0.05) is 0 Å². The second-order valence-electron chi connectivity index (χ2n) is 4.38. The number of sulfonamides is 1. The molecular formula is C12H12N4O2S3. The first-order valence-electron chi connectivity index (χ1n) is 6.01. The molecule has 0 saturated carbocycles. The Hall–Kier alpha value is -1.71. The minimum absolute atomic E-state index is 0.243. The van der Waals surface area contributed by atoms with Gasteiger partial charge in [-0.3, -0.25) is 9.82 Å². The Balaban J connectivity index is 1.93. The first-order chi connectivity index (χ1) is 9.97. The molecule has 0 aliphatic rings. The van der Waals surface area contributed by atoms with Crippen LogP contribution in [0.3, 0.4) is 0 Å². The van der Waals surface area contributed by atoms with Crippen molar-refractivity contribution in [3.05, 3.63) is 35.0 Å². The molecule has 0 aromatic carbocycles. The van der Waals surface area contributed by atoms with Crippen LogP contribution in [0.25, 0.3) is 10.6 Å². The molecule has 0 fully saturated rings. The van der Waals surface area contributed by atoms with Crippen LogP contribution in [-0.4, -0.2) is 23.6 Å². The third-order valence-corrected chi connectivity index (χ3v) is 6.73. The highest BCUT2D eigenvalue weighted by molar-refractivity contribution is 7.95. The number of hydrogen-bond donors (Lipinski definition) is 2. The Morgan fingerprint density at radius 3 is 2.71 bits per heavy atom. The third kappa shape index (κ3) is 2.71. The average molecular weight is 340 g/mol. The fourth-order valence-corrected chi connectivity index (χ4v) is 4.90. The SMILES string of the molecule is Cc1[nH]nc(-c2ccc(S(=O)(=O)Nc3nccs3)s2)c1C. The zero-order chi connectivity index (χ0) is 15.0. The summed E-state index contributed by atoms with van der Waals surface area (Å²) in [4.78, 5) is 4.74. The van der Waals surface area contributed by atoms with Crippen molar-refractivity contribution in [1.82, 2.24) is 15.2 Å². The number of anilines is 1. The van der Waals surface area contributed by atoms with Crippen molar-refractivity contribution in [3.8, 4) is 10.6 Å². The molecule has 0 unspecified atom stereocenters. The Bertz CT molecular complexity index is 862. The zero-order valence-corrected chi connectivity index (χ0v) is 13.7. The molecule has 3 heterocycles. The minimum Gasteiger partial charge on any atom is -0.282 e. The summed E-state index contributed by atoms with van der Waals surface area (Å²) in [5, 5.41) is 9.19. The zero-order valence-electron chi connectivity index (χ0n) is 11.2. The van der Waals surface area contributed by atoms with Crippen molar-refractivity contribution >= 4 is 37.8 Å². The topological polar surface area (TPSA) is 87.7 Å². The fourth-order valence-electron chi connectivity index (χ4n) is 1.76. The number of aromatic amines is 1. The van der Waals surface area contributed by atoms with Gasteiger partial charge in [-0.05, 0) is 31.5 Å². The van der Waals surface area contributed by atoms with Gasteiger partial charge >= 0.3 is 0 Å². The molecule has 9 heteroatoms. The molecule has 3 rings (SSSR count). The van der Waals surface area contributed by atoms with E-state index in [0.717, 1.165) is 21.8 Å². The van der Waals surface area contributed by atoms with Crippen LogP contribution in [0.2, 0.25) is 0 Å². The summed E-state index contributed by atoms with van der Waals surface area (Å²) in [6, 6.07) is 3.35. The molecule has 110 valence electrons. The molecule has 0 saturated heterocycles. The predicted molar refractivity (Wildman–Crippen MR) is 84.3 cm³/mol. The van der Waals surface area contributed by atoms with E-state index in [0.29, 0.717) is 5.13 Å². The minimum atomic E-state index is -3.60. The molecule has 0 amide bonds. The van der Waals surface area contributed by atoms with Crippen molar-refractivity contribution in [2.24, 2.45) is 0 Å². The number of thiazole rings is 1. The maximum absolute atomic E-state index is 12.3. The summed E-state index contributed by atoms with van der Waals surface area (Å²) in [7, 11) is -3.60. The summed E-state index contributed by atoms with van der Waals surface area (Å²) in [5.74, 6) is 0. The number of aryl methyl sites for hydroxylation is 1. The Morgan fingerprint density at radius 2 is 2.10 bits per heavy atom. The van der Waals surface area contributed by atoms with Crippen LogP contribution in [0.5, 0.6) is 0 Å². The summed E-state index contributed by atoms with van der Waals surface area (Å²) in [6.07, 6.45) is 1.55. The van der Waals surface area contributed by atoms with Crippen molar-refractivity contribution in [3.63, 3.8) is 0 Å². The van der Waals surface area contributed by atoms with Gasteiger partial charge in [0.2, 0.25) is 0 Å². The van der Waals surface area contributed by atoms with Crippen LogP contribution in [0.15, 0.2) is 27.9 Å². The third-order valence-electron chi connectivity index (χ3n) is 2.99. The molecule has 0 atom stereocenters. The van der Waals surface area contributed by atoms with E-state index < -0.39 is 10.0 Å². The molecule has 0 bridgehead atoms. The van der Waals surface area contributed by atoms with Crippen LogP contribution >= 0.6 is 22.7 Å². The number of nitrogens with zero attached hydrogens (tertiary/aromatic N) is 2. The van der Waals surface area contributed by atoms with Crippen molar-refractivity contribution in [2.75, 3.05) is 4.72 Å². The highest BCUT2D eigenvalue weighted by Gasteiger charge is 2.20. The van der Waals surface area contributed by atoms with Crippen molar-refractivity contribution < 1.29 is 8.42 Å².